The zero-order valence-corrected chi connectivity index (χ0v) is 28.0. The van der Waals surface area contributed by atoms with Crippen molar-refractivity contribution < 1.29 is 19.0 Å². The summed E-state index contributed by atoms with van der Waals surface area (Å²) < 4.78 is 23.9. The molecule has 0 radical (unpaired) electrons. The Morgan fingerprint density at radius 2 is 2.00 bits per heavy atom. The predicted molar refractivity (Wildman–Crippen MR) is 181 cm³/mol. The maximum absolute atomic E-state index is 14.4. The fraction of sp³-hybridized carbons (Fsp3) is 0.394. The first-order valence-corrected chi connectivity index (χ1v) is 17.3. The zero-order valence-electron chi connectivity index (χ0n) is 25.7. The van der Waals surface area contributed by atoms with Gasteiger partial charge < -0.3 is 19.3 Å². The Hall–Kier alpha value is -3.55. The van der Waals surface area contributed by atoms with E-state index < -0.39 is 18.1 Å². The van der Waals surface area contributed by atoms with Gasteiger partial charge in [-0.1, -0.05) is 35.3 Å². The number of benzene rings is 2. The minimum absolute atomic E-state index is 0.129. The number of imidazole rings is 1. The number of piperidine rings is 1. The summed E-state index contributed by atoms with van der Waals surface area (Å²) in [6.45, 7) is 4.43. The van der Waals surface area contributed by atoms with E-state index in [1.807, 2.05) is 24.3 Å². The molecule has 7 rings (SSSR count). The lowest BCUT2D eigenvalue weighted by Gasteiger charge is -2.35. The quantitative estimate of drug-likeness (QED) is 0.174. The van der Waals surface area contributed by atoms with Crippen molar-refractivity contribution in [3.8, 4) is 16.9 Å². The Kier molecular flexibility index (Phi) is 9.21. The van der Waals surface area contributed by atoms with Gasteiger partial charge in [0.15, 0.2) is 11.2 Å². The molecule has 0 spiro atoms. The maximum atomic E-state index is 14.4. The maximum Gasteiger partial charge on any atom is 0.257 e. The van der Waals surface area contributed by atoms with Gasteiger partial charge in [-0.3, -0.25) is 14.8 Å². The number of aromatic nitrogens is 5. The number of alkyl halides is 1. The van der Waals surface area contributed by atoms with Gasteiger partial charge in [-0.25, -0.2) is 14.4 Å². The van der Waals surface area contributed by atoms with Gasteiger partial charge in [0.05, 0.1) is 28.6 Å². The number of aliphatic hydroxyl groups excluding tert-OH is 1. The third-order valence-electron chi connectivity index (χ3n) is 9.04. The van der Waals surface area contributed by atoms with Crippen LogP contribution in [0.3, 0.4) is 0 Å². The first-order valence-electron chi connectivity index (χ1n) is 15.7. The first kappa shape index (κ1) is 32.0. The lowest BCUT2D eigenvalue weighted by Crippen LogP contribution is -2.43. The molecule has 2 aliphatic rings. The first-order chi connectivity index (χ1) is 22.8. The highest BCUT2D eigenvalue weighted by atomic mass is 35.5. The van der Waals surface area contributed by atoms with Gasteiger partial charge >= 0.3 is 0 Å². The van der Waals surface area contributed by atoms with Crippen molar-refractivity contribution in [2.24, 2.45) is 0 Å². The van der Waals surface area contributed by atoms with Crippen LogP contribution in [0.5, 0.6) is 5.75 Å². The van der Waals surface area contributed by atoms with Crippen LogP contribution in [0.15, 0.2) is 54.4 Å². The molecule has 5 aromatic rings. The number of likely N-dealkylation sites (tertiary alicyclic amines) is 1. The van der Waals surface area contributed by atoms with Crippen LogP contribution in [0.25, 0.3) is 22.0 Å². The summed E-state index contributed by atoms with van der Waals surface area (Å²) >= 11 is 15.1. The Morgan fingerprint density at radius 1 is 1.21 bits per heavy atom. The number of halogens is 3. The average molecular weight is 699 g/mol. The second-order valence-corrected chi connectivity index (χ2v) is 13.8. The number of aliphatic hydroxyl groups is 1. The molecule has 3 unspecified atom stereocenters. The second-order valence-electron chi connectivity index (χ2n) is 12.1. The molecule has 0 aliphatic carbocycles. The highest BCUT2D eigenvalue weighted by Crippen LogP contribution is 2.40. The summed E-state index contributed by atoms with van der Waals surface area (Å²) in [5.41, 5.74) is 3.04. The fourth-order valence-corrected chi connectivity index (χ4v) is 7.61. The molecule has 2 aromatic carbocycles. The molecule has 5 heterocycles. The van der Waals surface area contributed by atoms with Crippen LogP contribution in [-0.4, -0.2) is 78.2 Å². The Bertz CT molecular complexity index is 1870. The normalized spacial score (nSPS) is 18.4. The lowest BCUT2D eigenvalue weighted by atomic mass is 10.0. The molecule has 0 saturated carbocycles. The van der Waals surface area contributed by atoms with Crippen LogP contribution >= 0.6 is 34.5 Å². The van der Waals surface area contributed by atoms with E-state index in [0.717, 1.165) is 43.7 Å². The van der Waals surface area contributed by atoms with E-state index in [4.69, 9.17) is 33.0 Å². The summed E-state index contributed by atoms with van der Waals surface area (Å²) in [5, 5.41) is 20.5. The second kappa shape index (κ2) is 13.5. The van der Waals surface area contributed by atoms with Gasteiger partial charge in [-0.15, -0.1) is 11.3 Å². The number of hydrogen-bond acceptors (Lipinski definition) is 8. The van der Waals surface area contributed by atoms with Crippen LogP contribution < -0.4 is 10.1 Å². The summed E-state index contributed by atoms with van der Waals surface area (Å²) in [4.78, 5) is 24.8. The highest BCUT2D eigenvalue weighted by molar-refractivity contribution is 7.13. The number of amides is 1. The fourth-order valence-electron chi connectivity index (χ4n) is 6.52. The molecule has 3 atom stereocenters. The number of ether oxygens (including phenoxy) is 1. The third-order valence-corrected chi connectivity index (χ3v) is 10.4. The molecule has 1 amide bonds. The smallest absolute Gasteiger partial charge is 0.257 e. The largest absolute Gasteiger partial charge is 0.490 e. The van der Waals surface area contributed by atoms with E-state index in [0.29, 0.717) is 49.1 Å². The third kappa shape index (κ3) is 6.49. The lowest BCUT2D eigenvalue weighted by molar-refractivity contribution is -0.118. The van der Waals surface area contributed by atoms with E-state index in [2.05, 4.69) is 27.1 Å². The SMILES string of the molecule is CC(CCO)N1CCC(Oc2ccc(-c3cc(Cl)c4cn(C(C(=O)Nc5nccs5)c5ncn6c5CC(F)C6)nc4c3Cl)cc2)CC1. The number of nitrogens with zero attached hydrogens (tertiary/aromatic N) is 6. The molecule has 2 aliphatic heterocycles. The number of anilines is 1. The van der Waals surface area contributed by atoms with Gasteiger partial charge in [0.2, 0.25) is 0 Å². The monoisotopic (exact) mass is 697 g/mol. The molecule has 1 fully saturated rings. The predicted octanol–water partition coefficient (Wildman–Crippen LogP) is 6.40. The molecular weight excluding hydrogens is 664 g/mol. The Labute approximate surface area is 285 Å². The van der Waals surface area contributed by atoms with Crippen molar-refractivity contribution in [1.29, 1.82) is 0 Å². The number of hydrogen-bond donors (Lipinski definition) is 2. The van der Waals surface area contributed by atoms with Crippen molar-refractivity contribution in [3.63, 3.8) is 0 Å². The number of thiazole rings is 1. The van der Waals surface area contributed by atoms with Crippen LogP contribution in [0.2, 0.25) is 10.0 Å². The van der Waals surface area contributed by atoms with Crippen molar-refractivity contribution in [3.05, 3.63) is 75.9 Å². The van der Waals surface area contributed by atoms with Gasteiger partial charge in [-0.2, -0.15) is 5.10 Å². The molecular formula is C33H34Cl2FN7O3S. The van der Waals surface area contributed by atoms with Crippen molar-refractivity contribution in [2.75, 3.05) is 25.0 Å². The minimum Gasteiger partial charge on any atom is -0.490 e. The van der Waals surface area contributed by atoms with Gasteiger partial charge in [0, 0.05) is 66.6 Å². The Balaban J connectivity index is 1.15. The van der Waals surface area contributed by atoms with Gasteiger partial charge in [-0.05, 0) is 49.9 Å². The van der Waals surface area contributed by atoms with Crippen LogP contribution in [0, 0.1) is 0 Å². The molecule has 2 N–H and O–H groups in total. The van der Waals surface area contributed by atoms with Crippen molar-refractivity contribution in [1.82, 2.24) is 29.2 Å². The molecule has 246 valence electrons. The summed E-state index contributed by atoms with van der Waals surface area (Å²) in [6.07, 6.45) is 6.72. The number of nitrogens with one attached hydrogen (secondary N) is 1. The van der Waals surface area contributed by atoms with Crippen LogP contribution in [0.1, 0.15) is 43.6 Å². The summed E-state index contributed by atoms with van der Waals surface area (Å²) in [7, 11) is 0. The van der Waals surface area contributed by atoms with Crippen molar-refractivity contribution >= 4 is 56.5 Å². The number of carbonyl (C=O) groups is 1. The minimum atomic E-state index is -1.05. The molecule has 1 saturated heterocycles. The topological polar surface area (TPSA) is 110 Å². The van der Waals surface area contributed by atoms with E-state index in [-0.39, 0.29) is 25.7 Å². The molecule has 47 heavy (non-hydrogen) atoms. The zero-order chi connectivity index (χ0) is 32.7. The van der Waals surface area contributed by atoms with Crippen LogP contribution in [-0.2, 0) is 17.8 Å². The number of fused-ring (bicyclic) bond motifs is 2. The summed E-state index contributed by atoms with van der Waals surface area (Å²) in [5.74, 6) is 0.366. The Morgan fingerprint density at radius 3 is 2.72 bits per heavy atom. The van der Waals surface area contributed by atoms with Gasteiger partial charge in [0.25, 0.3) is 5.91 Å². The van der Waals surface area contributed by atoms with E-state index >= 15 is 0 Å². The van der Waals surface area contributed by atoms with Gasteiger partial charge in [0.1, 0.15) is 23.5 Å². The number of rotatable bonds is 10. The molecule has 14 heteroatoms. The molecule has 10 nitrogen and oxygen atoms in total. The number of carbonyl (C=O) groups excluding carboxylic acids is 1. The average Bonchev–Trinajstić information content (AvgIpc) is 3.87. The van der Waals surface area contributed by atoms with Crippen LogP contribution in [0.4, 0.5) is 9.52 Å². The van der Waals surface area contributed by atoms with E-state index in [1.54, 1.807) is 34.7 Å². The van der Waals surface area contributed by atoms with E-state index in [9.17, 15) is 14.3 Å². The van der Waals surface area contributed by atoms with Crippen molar-refractivity contribution in [2.45, 2.75) is 63.5 Å². The standard InChI is InChI=1S/C33H34Cl2FN7O3S/c1-19(8-12-44)41-10-6-23(7-11-41)46-22-4-2-20(3-5-22)24-15-26(34)25-17-43(40-29(25)28(24)35)31(32(45)39-33-37-9-13-47-33)30-27-14-21(36)16-42(27)18-38-30/h2-5,9,13,15,17-19,21,23,31,44H,6-8,10-12,14,16H2,1H3,(H,37,39,45). The van der Waals surface area contributed by atoms with E-state index in [1.165, 1.54) is 16.0 Å². The summed E-state index contributed by atoms with van der Waals surface area (Å²) in [6, 6.07) is 8.90. The molecule has 0 bridgehead atoms. The highest BCUT2D eigenvalue weighted by Gasteiger charge is 2.35. The molecule has 3 aromatic heterocycles.